The van der Waals surface area contributed by atoms with Gasteiger partial charge in [0.05, 0.1) is 19.8 Å². The van der Waals surface area contributed by atoms with Gasteiger partial charge in [0.25, 0.3) is 0 Å². The Bertz CT molecular complexity index is 490. The van der Waals surface area contributed by atoms with Crippen molar-refractivity contribution >= 4 is 5.96 Å². The predicted molar refractivity (Wildman–Crippen MR) is 105 cm³/mol. The molecule has 0 aliphatic heterocycles. The molecule has 0 aliphatic rings. The summed E-state index contributed by atoms with van der Waals surface area (Å²) in [6, 6.07) is 8.29. The fraction of sp³-hybridized carbons (Fsp3) is 0.650. The number of hydrogen-bond acceptors (Lipinski definition) is 3. The van der Waals surface area contributed by atoms with Crippen LogP contribution in [0, 0.1) is 5.92 Å². The van der Waals surface area contributed by atoms with Crippen LogP contribution >= 0.6 is 0 Å². The summed E-state index contributed by atoms with van der Waals surface area (Å²) in [5, 5.41) is 6.60. The molecule has 0 aromatic heterocycles. The van der Waals surface area contributed by atoms with Gasteiger partial charge < -0.3 is 20.1 Å². The Hall–Kier alpha value is -1.59. The monoisotopic (exact) mass is 349 g/mol. The first-order valence-corrected chi connectivity index (χ1v) is 9.41. The van der Waals surface area contributed by atoms with Crippen molar-refractivity contribution in [1.82, 2.24) is 10.6 Å². The van der Waals surface area contributed by atoms with Crippen LogP contribution in [0.4, 0.5) is 0 Å². The van der Waals surface area contributed by atoms with Crippen LogP contribution < -0.4 is 10.6 Å². The fourth-order valence-corrected chi connectivity index (χ4v) is 2.23. The first-order valence-electron chi connectivity index (χ1n) is 9.41. The van der Waals surface area contributed by atoms with Gasteiger partial charge in [0.2, 0.25) is 0 Å². The van der Waals surface area contributed by atoms with Crippen LogP contribution in [0.2, 0.25) is 0 Å². The van der Waals surface area contributed by atoms with Gasteiger partial charge in [0, 0.05) is 26.3 Å². The smallest absolute Gasteiger partial charge is 0.191 e. The second-order valence-electron chi connectivity index (χ2n) is 6.32. The van der Waals surface area contributed by atoms with Gasteiger partial charge in [-0.3, -0.25) is 0 Å². The third-order valence-corrected chi connectivity index (χ3v) is 3.71. The number of ether oxygens (including phenoxy) is 2. The maximum atomic E-state index is 5.64. The highest BCUT2D eigenvalue weighted by Crippen LogP contribution is 2.11. The molecule has 0 saturated heterocycles. The van der Waals surface area contributed by atoms with Crippen LogP contribution in [-0.4, -0.2) is 38.9 Å². The number of benzene rings is 1. The van der Waals surface area contributed by atoms with E-state index >= 15 is 0 Å². The third kappa shape index (κ3) is 10.1. The maximum Gasteiger partial charge on any atom is 0.191 e. The minimum absolute atomic E-state index is 0.632. The molecule has 0 radical (unpaired) electrons. The van der Waals surface area contributed by atoms with E-state index in [1.54, 1.807) is 0 Å². The van der Waals surface area contributed by atoms with Crippen LogP contribution in [0.15, 0.2) is 29.3 Å². The van der Waals surface area contributed by atoms with Gasteiger partial charge in [-0.2, -0.15) is 0 Å². The van der Waals surface area contributed by atoms with Gasteiger partial charge in [-0.15, -0.1) is 0 Å². The SMILES string of the molecule is CCNC(=NCc1ccccc1COCC)NCCOCCC(C)C. The van der Waals surface area contributed by atoms with Crippen molar-refractivity contribution in [2.45, 2.75) is 47.3 Å². The topological polar surface area (TPSA) is 54.9 Å². The predicted octanol–water partition coefficient (Wildman–Crippen LogP) is 3.34. The Labute approximate surface area is 153 Å². The molecule has 1 rings (SSSR count). The number of hydrogen-bond donors (Lipinski definition) is 2. The molecular formula is C20H35N3O2. The van der Waals surface area contributed by atoms with Crippen molar-refractivity contribution in [2.75, 3.05) is 32.9 Å². The molecular weight excluding hydrogens is 314 g/mol. The van der Waals surface area contributed by atoms with E-state index in [1.807, 2.05) is 19.1 Å². The van der Waals surface area contributed by atoms with E-state index in [2.05, 4.69) is 48.5 Å². The van der Waals surface area contributed by atoms with Gasteiger partial charge >= 0.3 is 0 Å². The highest BCUT2D eigenvalue weighted by molar-refractivity contribution is 5.79. The largest absolute Gasteiger partial charge is 0.380 e. The zero-order valence-electron chi connectivity index (χ0n) is 16.3. The lowest BCUT2D eigenvalue weighted by molar-refractivity contribution is 0.128. The summed E-state index contributed by atoms with van der Waals surface area (Å²) < 4.78 is 11.2. The lowest BCUT2D eigenvalue weighted by Gasteiger charge is -2.13. The van der Waals surface area contributed by atoms with Crippen LogP contribution in [0.25, 0.3) is 0 Å². The third-order valence-electron chi connectivity index (χ3n) is 3.71. The molecule has 0 aliphatic carbocycles. The molecule has 1 aromatic carbocycles. The number of guanidine groups is 1. The highest BCUT2D eigenvalue weighted by atomic mass is 16.5. The average Bonchev–Trinajstić information content (AvgIpc) is 2.61. The molecule has 142 valence electrons. The molecule has 2 N–H and O–H groups in total. The molecule has 0 saturated carbocycles. The Kier molecular flexibility index (Phi) is 11.7. The Morgan fingerprint density at radius 1 is 1.04 bits per heavy atom. The number of nitrogens with one attached hydrogen (secondary N) is 2. The fourth-order valence-electron chi connectivity index (χ4n) is 2.23. The van der Waals surface area contributed by atoms with Crippen molar-refractivity contribution in [3.05, 3.63) is 35.4 Å². The molecule has 0 amide bonds. The summed E-state index contributed by atoms with van der Waals surface area (Å²) in [7, 11) is 0. The minimum atomic E-state index is 0.632. The normalized spacial score (nSPS) is 11.8. The summed E-state index contributed by atoms with van der Waals surface area (Å²) >= 11 is 0. The van der Waals surface area contributed by atoms with E-state index in [1.165, 1.54) is 11.1 Å². The lowest BCUT2D eigenvalue weighted by atomic mass is 10.1. The van der Waals surface area contributed by atoms with Crippen molar-refractivity contribution in [2.24, 2.45) is 10.9 Å². The number of rotatable bonds is 12. The molecule has 0 bridgehead atoms. The summed E-state index contributed by atoms with van der Waals surface area (Å²) in [6.07, 6.45) is 1.10. The van der Waals surface area contributed by atoms with E-state index in [9.17, 15) is 0 Å². The molecule has 0 unspecified atom stereocenters. The molecule has 0 atom stereocenters. The molecule has 5 heteroatoms. The van der Waals surface area contributed by atoms with Crippen molar-refractivity contribution in [1.29, 1.82) is 0 Å². The molecule has 0 fully saturated rings. The number of nitrogens with zero attached hydrogens (tertiary/aromatic N) is 1. The van der Waals surface area contributed by atoms with Gasteiger partial charge in [-0.1, -0.05) is 38.1 Å². The summed E-state index contributed by atoms with van der Waals surface area (Å²) in [4.78, 5) is 4.68. The minimum Gasteiger partial charge on any atom is -0.380 e. The van der Waals surface area contributed by atoms with Gasteiger partial charge in [0.15, 0.2) is 5.96 Å². The molecule has 5 nitrogen and oxygen atoms in total. The summed E-state index contributed by atoms with van der Waals surface area (Å²) in [5.41, 5.74) is 2.39. The average molecular weight is 350 g/mol. The first kappa shape index (κ1) is 21.5. The number of aliphatic imine (C=N–C) groups is 1. The van der Waals surface area contributed by atoms with Crippen LogP contribution in [0.3, 0.4) is 0 Å². The van der Waals surface area contributed by atoms with E-state index in [-0.39, 0.29) is 0 Å². The molecule has 0 heterocycles. The van der Waals surface area contributed by atoms with Crippen molar-refractivity contribution in [3.63, 3.8) is 0 Å². The second-order valence-corrected chi connectivity index (χ2v) is 6.32. The summed E-state index contributed by atoms with van der Waals surface area (Å²) in [5.74, 6) is 1.50. The van der Waals surface area contributed by atoms with Gasteiger partial charge in [-0.25, -0.2) is 4.99 Å². The van der Waals surface area contributed by atoms with Crippen LogP contribution in [-0.2, 0) is 22.6 Å². The molecule has 25 heavy (non-hydrogen) atoms. The quantitative estimate of drug-likeness (QED) is 0.345. The molecule has 0 spiro atoms. The van der Waals surface area contributed by atoms with Crippen molar-refractivity contribution in [3.8, 4) is 0 Å². The standard InChI is InChI=1S/C20H35N3O2/c1-5-21-20(22-12-14-25-13-11-17(3)4)23-15-18-9-7-8-10-19(18)16-24-6-2/h7-10,17H,5-6,11-16H2,1-4H3,(H2,21,22,23). The van der Waals surface area contributed by atoms with Crippen LogP contribution in [0.1, 0.15) is 45.2 Å². The Balaban J connectivity index is 2.47. The highest BCUT2D eigenvalue weighted by Gasteiger charge is 2.03. The maximum absolute atomic E-state index is 5.64. The van der Waals surface area contributed by atoms with E-state index in [0.717, 1.165) is 38.7 Å². The Morgan fingerprint density at radius 2 is 1.80 bits per heavy atom. The van der Waals surface area contributed by atoms with Gasteiger partial charge in [-0.05, 0) is 37.3 Å². The summed E-state index contributed by atoms with van der Waals surface area (Å²) in [6.45, 7) is 13.6. The lowest BCUT2D eigenvalue weighted by Crippen LogP contribution is -2.39. The Morgan fingerprint density at radius 3 is 2.48 bits per heavy atom. The van der Waals surface area contributed by atoms with E-state index in [0.29, 0.717) is 25.7 Å². The van der Waals surface area contributed by atoms with Crippen molar-refractivity contribution < 1.29 is 9.47 Å². The van der Waals surface area contributed by atoms with E-state index < -0.39 is 0 Å². The molecule has 1 aromatic rings. The van der Waals surface area contributed by atoms with Crippen LogP contribution in [0.5, 0.6) is 0 Å². The van der Waals surface area contributed by atoms with Gasteiger partial charge in [0.1, 0.15) is 0 Å². The van der Waals surface area contributed by atoms with E-state index in [4.69, 9.17) is 9.47 Å². The second kappa shape index (κ2) is 13.7. The zero-order valence-corrected chi connectivity index (χ0v) is 16.3. The first-order chi connectivity index (χ1) is 12.2. The zero-order chi connectivity index (χ0) is 18.3.